The summed E-state index contributed by atoms with van der Waals surface area (Å²) < 4.78 is 21.3. The molecule has 0 saturated carbocycles. The maximum atomic E-state index is 12.7. The van der Waals surface area contributed by atoms with Gasteiger partial charge in [-0.2, -0.15) is 0 Å². The van der Waals surface area contributed by atoms with E-state index in [4.69, 9.17) is 18.9 Å². The Morgan fingerprint density at radius 1 is 1.19 bits per heavy atom. The minimum atomic E-state index is -0.579. The Morgan fingerprint density at radius 3 is 2.41 bits per heavy atom. The zero-order valence-corrected chi connectivity index (χ0v) is 18.0. The Balaban J connectivity index is 1.80. The van der Waals surface area contributed by atoms with Crippen molar-refractivity contribution >= 4 is 23.2 Å². The molecule has 11 nitrogen and oxygen atoms in total. The summed E-state index contributed by atoms with van der Waals surface area (Å²) in [6.07, 6.45) is 0. The first-order valence-corrected chi connectivity index (χ1v) is 9.59. The number of hydrogen-bond donors (Lipinski definition) is 1. The fraction of sp³-hybridized carbons (Fsp3) is 0.333. The number of fused-ring (bicyclic) bond motifs is 1. The van der Waals surface area contributed by atoms with Crippen molar-refractivity contribution in [2.24, 2.45) is 0 Å². The van der Waals surface area contributed by atoms with Crippen molar-refractivity contribution in [1.82, 2.24) is 5.32 Å². The third-order valence-electron chi connectivity index (χ3n) is 4.96. The van der Waals surface area contributed by atoms with Crippen molar-refractivity contribution in [3.8, 4) is 23.0 Å². The molecule has 3 rings (SSSR count). The molecule has 32 heavy (non-hydrogen) atoms. The van der Waals surface area contributed by atoms with Gasteiger partial charge in [0.1, 0.15) is 12.3 Å². The van der Waals surface area contributed by atoms with Crippen LogP contribution in [0, 0.1) is 10.1 Å². The lowest BCUT2D eigenvalue weighted by Crippen LogP contribution is -2.45. The van der Waals surface area contributed by atoms with Crippen LogP contribution < -0.4 is 29.2 Å². The second kappa shape index (κ2) is 9.41. The summed E-state index contributed by atoms with van der Waals surface area (Å²) in [4.78, 5) is 36.8. The number of nitrogens with one attached hydrogen (secondary N) is 1. The van der Waals surface area contributed by atoms with Crippen molar-refractivity contribution in [3.63, 3.8) is 0 Å². The molecule has 0 radical (unpaired) electrons. The van der Waals surface area contributed by atoms with Gasteiger partial charge in [-0.05, 0) is 30.7 Å². The molecular weight excluding hydrogens is 422 g/mol. The molecular formula is C21H23N3O8. The molecule has 2 aromatic rings. The summed E-state index contributed by atoms with van der Waals surface area (Å²) in [6, 6.07) is 6.86. The van der Waals surface area contributed by atoms with Gasteiger partial charge in [0.25, 0.3) is 11.6 Å². The van der Waals surface area contributed by atoms with Crippen LogP contribution in [0.4, 0.5) is 11.4 Å². The first-order chi connectivity index (χ1) is 15.3. The number of non-ortho nitro benzene ring substituents is 1. The summed E-state index contributed by atoms with van der Waals surface area (Å²) in [5.41, 5.74) is 0.654. The van der Waals surface area contributed by atoms with Crippen molar-refractivity contribution in [2.45, 2.75) is 13.0 Å². The second-order valence-electron chi connectivity index (χ2n) is 6.93. The normalized spacial score (nSPS) is 13.5. The minimum absolute atomic E-state index is 0.172. The Bertz CT molecular complexity index is 1030. The zero-order chi connectivity index (χ0) is 23.4. The summed E-state index contributed by atoms with van der Waals surface area (Å²) in [6.45, 7) is 1.17. The van der Waals surface area contributed by atoms with Gasteiger partial charge in [0.2, 0.25) is 11.7 Å². The number of hydrogen-bond acceptors (Lipinski definition) is 8. The summed E-state index contributed by atoms with van der Waals surface area (Å²) in [7, 11) is 4.47. The third-order valence-corrected chi connectivity index (χ3v) is 4.96. The number of benzene rings is 2. The molecule has 1 unspecified atom stereocenters. The molecule has 2 amide bonds. The lowest BCUT2D eigenvalue weighted by molar-refractivity contribution is -0.384. The van der Waals surface area contributed by atoms with Gasteiger partial charge in [-0.15, -0.1) is 0 Å². The van der Waals surface area contributed by atoms with Crippen molar-refractivity contribution in [2.75, 3.05) is 39.4 Å². The number of methoxy groups -OCH3 is 3. The van der Waals surface area contributed by atoms with E-state index in [9.17, 15) is 19.7 Å². The van der Waals surface area contributed by atoms with Gasteiger partial charge >= 0.3 is 0 Å². The molecule has 0 aromatic heterocycles. The molecule has 0 bridgehead atoms. The topological polar surface area (TPSA) is 129 Å². The Kier molecular flexibility index (Phi) is 6.67. The number of ether oxygens (including phenoxy) is 4. The van der Waals surface area contributed by atoms with Crippen LogP contribution in [0.2, 0.25) is 0 Å². The van der Waals surface area contributed by atoms with Crippen molar-refractivity contribution in [1.29, 1.82) is 0 Å². The van der Waals surface area contributed by atoms with Crippen LogP contribution in [0.5, 0.6) is 23.0 Å². The molecule has 0 saturated heterocycles. The number of nitro benzene ring substituents is 1. The highest BCUT2D eigenvalue weighted by Gasteiger charge is 2.29. The van der Waals surface area contributed by atoms with E-state index in [2.05, 4.69) is 5.32 Å². The van der Waals surface area contributed by atoms with Crippen LogP contribution in [-0.4, -0.2) is 51.2 Å². The molecule has 1 heterocycles. The van der Waals surface area contributed by atoms with E-state index in [-0.39, 0.29) is 24.5 Å². The van der Waals surface area contributed by atoms with Gasteiger partial charge in [0.15, 0.2) is 18.1 Å². The first kappa shape index (κ1) is 22.7. The lowest BCUT2D eigenvalue weighted by atomic mass is 10.1. The zero-order valence-electron chi connectivity index (χ0n) is 18.0. The van der Waals surface area contributed by atoms with Crippen LogP contribution in [0.25, 0.3) is 0 Å². The van der Waals surface area contributed by atoms with E-state index in [1.54, 1.807) is 19.1 Å². The molecule has 0 fully saturated rings. The number of carbonyl (C=O) groups excluding carboxylic acids is 2. The number of anilines is 1. The molecule has 170 valence electrons. The molecule has 0 spiro atoms. The number of carbonyl (C=O) groups is 2. The average Bonchev–Trinajstić information content (AvgIpc) is 2.79. The molecule has 1 aliphatic heterocycles. The molecule has 1 atom stereocenters. The largest absolute Gasteiger partial charge is 0.493 e. The van der Waals surface area contributed by atoms with Gasteiger partial charge in [0.05, 0.1) is 38.0 Å². The quantitative estimate of drug-likeness (QED) is 0.484. The molecule has 1 N–H and O–H groups in total. The third kappa shape index (κ3) is 4.51. The fourth-order valence-electron chi connectivity index (χ4n) is 3.34. The average molecular weight is 445 g/mol. The second-order valence-corrected chi connectivity index (χ2v) is 6.93. The van der Waals surface area contributed by atoms with Crippen LogP contribution >= 0.6 is 0 Å². The minimum Gasteiger partial charge on any atom is -0.493 e. The highest BCUT2D eigenvalue weighted by atomic mass is 16.6. The Labute approximate surface area is 184 Å². The van der Waals surface area contributed by atoms with Crippen LogP contribution in [0.1, 0.15) is 18.5 Å². The molecule has 11 heteroatoms. The molecule has 0 aliphatic carbocycles. The van der Waals surface area contributed by atoms with Crippen LogP contribution in [-0.2, 0) is 9.59 Å². The highest BCUT2D eigenvalue weighted by Crippen LogP contribution is 2.40. The SMILES string of the molecule is COc1cc(C(C)NC(=O)CN2C(=O)COc3ccc([N+](=O)[O-])cc32)cc(OC)c1OC. The smallest absolute Gasteiger partial charge is 0.271 e. The van der Waals surface area contributed by atoms with Crippen molar-refractivity contribution in [3.05, 3.63) is 46.0 Å². The van der Waals surface area contributed by atoms with Crippen LogP contribution in [0.3, 0.4) is 0 Å². The number of nitrogens with zero attached hydrogens (tertiary/aromatic N) is 2. The van der Waals surface area contributed by atoms with Crippen molar-refractivity contribution < 1.29 is 33.5 Å². The lowest BCUT2D eigenvalue weighted by Gasteiger charge is -2.29. The standard InChI is InChI=1S/C21H23N3O8/c1-12(13-7-17(29-2)21(31-4)18(8-13)30-3)22-19(25)10-23-15-9-14(24(27)28)5-6-16(15)32-11-20(23)26/h5-9,12H,10-11H2,1-4H3,(H,22,25). The van der Waals surface area contributed by atoms with E-state index in [0.29, 0.717) is 28.6 Å². The van der Waals surface area contributed by atoms with E-state index in [1.807, 2.05) is 0 Å². The summed E-state index contributed by atoms with van der Waals surface area (Å²) in [5, 5.41) is 13.9. The fourth-order valence-corrected chi connectivity index (χ4v) is 3.34. The van der Waals surface area contributed by atoms with E-state index in [1.165, 1.54) is 44.4 Å². The Morgan fingerprint density at radius 2 is 1.84 bits per heavy atom. The summed E-state index contributed by atoms with van der Waals surface area (Å²) >= 11 is 0. The highest BCUT2D eigenvalue weighted by molar-refractivity contribution is 6.02. The maximum Gasteiger partial charge on any atom is 0.271 e. The molecule has 1 aliphatic rings. The van der Waals surface area contributed by atoms with Gasteiger partial charge in [-0.3, -0.25) is 24.6 Å². The molecule has 2 aromatic carbocycles. The van der Waals surface area contributed by atoms with Gasteiger partial charge in [-0.1, -0.05) is 0 Å². The van der Waals surface area contributed by atoms with E-state index in [0.717, 1.165) is 0 Å². The number of nitro groups is 1. The van der Waals surface area contributed by atoms with Gasteiger partial charge in [0, 0.05) is 12.1 Å². The predicted molar refractivity (Wildman–Crippen MR) is 114 cm³/mol. The van der Waals surface area contributed by atoms with E-state index < -0.39 is 22.8 Å². The monoisotopic (exact) mass is 445 g/mol. The maximum absolute atomic E-state index is 12.7. The van der Waals surface area contributed by atoms with Gasteiger partial charge in [-0.25, -0.2) is 0 Å². The summed E-state index contributed by atoms with van der Waals surface area (Å²) in [5.74, 6) is 0.655. The Hall–Kier alpha value is -4.02. The first-order valence-electron chi connectivity index (χ1n) is 9.59. The predicted octanol–water partition coefficient (Wildman–Crippen LogP) is 2.22. The van der Waals surface area contributed by atoms with E-state index >= 15 is 0 Å². The number of amides is 2. The number of rotatable bonds is 8. The van der Waals surface area contributed by atoms with Gasteiger partial charge < -0.3 is 24.3 Å². The van der Waals surface area contributed by atoms with Crippen LogP contribution in [0.15, 0.2) is 30.3 Å².